The summed E-state index contributed by atoms with van der Waals surface area (Å²) in [5.41, 5.74) is 0.583. The van der Waals surface area contributed by atoms with Crippen LogP contribution in [0.1, 0.15) is 12.0 Å². The second-order valence-electron chi connectivity index (χ2n) is 3.83. The van der Waals surface area contributed by atoms with Crippen LogP contribution < -0.4 is 4.74 Å². The highest BCUT2D eigenvalue weighted by molar-refractivity contribution is 7.99. The van der Waals surface area contributed by atoms with Crippen molar-refractivity contribution in [2.75, 3.05) is 12.4 Å². The van der Waals surface area contributed by atoms with E-state index >= 15 is 0 Å². The average Bonchev–Trinajstić information content (AvgIpc) is 2.48. The van der Waals surface area contributed by atoms with Crippen LogP contribution >= 0.6 is 11.8 Å². The molecule has 1 heterocycles. The molecule has 0 spiro atoms. The second-order valence-corrected chi connectivity index (χ2v) is 4.94. The predicted octanol–water partition coefficient (Wildman–Crippen LogP) is 3.51. The van der Waals surface area contributed by atoms with Gasteiger partial charge in [0.15, 0.2) is 0 Å². The molecule has 4 heteroatoms. The lowest BCUT2D eigenvalue weighted by Gasteiger charge is -2.07. The molecular formula is C15H14N2OS. The van der Waals surface area contributed by atoms with Crippen molar-refractivity contribution in [3.63, 3.8) is 0 Å². The van der Waals surface area contributed by atoms with E-state index in [4.69, 9.17) is 10.00 Å². The summed E-state index contributed by atoms with van der Waals surface area (Å²) in [5.74, 6) is 1.61. The first-order chi connectivity index (χ1) is 9.40. The Morgan fingerprint density at radius 3 is 2.79 bits per heavy atom. The minimum absolute atomic E-state index is 0.583. The number of para-hydroxylation sites is 1. The summed E-state index contributed by atoms with van der Waals surface area (Å²) in [7, 11) is 0. The molecule has 0 unspecified atom stereocenters. The van der Waals surface area contributed by atoms with Crippen molar-refractivity contribution >= 4 is 11.8 Å². The summed E-state index contributed by atoms with van der Waals surface area (Å²) in [4.78, 5) is 4.24. The number of benzene rings is 1. The molecule has 0 bridgehead atoms. The predicted molar refractivity (Wildman–Crippen MR) is 76.2 cm³/mol. The summed E-state index contributed by atoms with van der Waals surface area (Å²) in [5, 5.41) is 9.96. The highest BCUT2D eigenvalue weighted by Crippen LogP contribution is 2.18. The molecule has 0 aliphatic carbocycles. The normalized spacial score (nSPS) is 9.84. The first-order valence-corrected chi connectivity index (χ1v) is 7.04. The van der Waals surface area contributed by atoms with Crippen LogP contribution in [0.15, 0.2) is 53.7 Å². The van der Waals surface area contributed by atoms with Gasteiger partial charge in [-0.25, -0.2) is 4.98 Å². The molecule has 2 rings (SSSR count). The van der Waals surface area contributed by atoms with Gasteiger partial charge in [0.2, 0.25) is 0 Å². The van der Waals surface area contributed by atoms with Gasteiger partial charge in [0.1, 0.15) is 11.8 Å². The number of aromatic nitrogens is 1. The topological polar surface area (TPSA) is 45.9 Å². The summed E-state index contributed by atoms with van der Waals surface area (Å²) >= 11 is 1.71. The van der Waals surface area contributed by atoms with Crippen LogP contribution in [-0.2, 0) is 0 Å². The van der Waals surface area contributed by atoms with E-state index in [0.717, 1.165) is 17.2 Å². The zero-order valence-electron chi connectivity index (χ0n) is 10.5. The molecule has 1 aromatic carbocycles. The van der Waals surface area contributed by atoms with Crippen molar-refractivity contribution in [3.8, 4) is 11.8 Å². The number of rotatable bonds is 6. The number of hydrogen-bond donors (Lipinski definition) is 0. The van der Waals surface area contributed by atoms with E-state index in [1.807, 2.05) is 36.4 Å². The Kier molecular flexibility index (Phi) is 5.27. The monoisotopic (exact) mass is 270 g/mol. The molecular weight excluding hydrogens is 256 g/mol. The molecule has 0 fully saturated rings. The summed E-state index contributed by atoms with van der Waals surface area (Å²) in [6.07, 6.45) is 2.71. The van der Waals surface area contributed by atoms with Crippen LogP contribution in [0.5, 0.6) is 5.75 Å². The summed E-state index contributed by atoms with van der Waals surface area (Å²) in [6, 6.07) is 15.3. The first kappa shape index (κ1) is 13.4. The molecule has 2 aromatic rings. The molecule has 3 nitrogen and oxygen atoms in total. The third kappa shape index (κ3) is 4.31. The highest BCUT2D eigenvalue weighted by Gasteiger charge is 2.01. The number of thioether (sulfide) groups is 1. The molecule has 19 heavy (non-hydrogen) atoms. The lowest BCUT2D eigenvalue weighted by molar-refractivity contribution is 0.318. The number of pyridine rings is 1. The molecule has 0 atom stereocenters. The Labute approximate surface area is 117 Å². The molecule has 96 valence electrons. The Hall–Kier alpha value is -1.99. The maximum absolute atomic E-state index is 8.93. The zero-order chi connectivity index (χ0) is 13.3. The molecule has 0 amide bonds. The van der Waals surface area contributed by atoms with Crippen molar-refractivity contribution in [2.45, 2.75) is 11.4 Å². The van der Waals surface area contributed by atoms with E-state index in [-0.39, 0.29) is 0 Å². The quantitative estimate of drug-likeness (QED) is 0.595. The van der Waals surface area contributed by atoms with Gasteiger partial charge in [-0.3, -0.25) is 0 Å². The van der Waals surface area contributed by atoms with Gasteiger partial charge >= 0.3 is 0 Å². The van der Waals surface area contributed by atoms with Crippen molar-refractivity contribution in [2.24, 2.45) is 0 Å². The van der Waals surface area contributed by atoms with Crippen LogP contribution in [0.3, 0.4) is 0 Å². The Morgan fingerprint density at radius 1 is 1.16 bits per heavy atom. The van der Waals surface area contributed by atoms with Gasteiger partial charge in [-0.2, -0.15) is 5.26 Å². The number of ether oxygens (including phenoxy) is 1. The minimum Gasteiger partial charge on any atom is -0.492 e. The molecule has 1 aromatic heterocycles. The second kappa shape index (κ2) is 7.45. The van der Waals surface area contributed by atoms with Crippen molar-refractivity contribution in [1.29, 1.82) is 5.26 Å². The Balaban J connectivity index is 1.71. The van der Waals surface area contributed by atoms with E-state index in [0.29, 0.717) is 17.9 Å². The van der Waals surface area contributed by atoms with E-state index in [1.54, 1.807) is 24.0 Å². The van der Waals surface area contributed by atoms with Crippen LogP contribution in [0, 0.1) is 11.3 Å². The van der Waals surface area contributed by atoms with Crippen LogP contribution in [0.2, 0.25) is 0 Å². The molecule has 0 radical (unpaired) electrons. The van der Waals surface area contributed by atoms with Gasteiger partial charge in [-0.1, -0.05) is 18.2 Å². The minimum atomic E-state index is 0.583. The smallest absolute Gasteiger partial charge is 0.137 e. The molecule has 0 N–H and O–H groups in total. The number of nitrogens with zero attached hydrogens (tertiary/aromatic N) is 2. The van der Waals surface area contributed by atoms with Crippen molar-refractivity contribution in [3.05, 3.63) is 54.2 Å². The van der Waals surface area contributed by atoms with Gasteiger partial charge in [-0.05, 0) is 30.7 Å². The maximum atomic E-state index is 8.93. The van der Waals surface area contributed by atoms with Crippen LogP contribution in [0.4, 0.5) is 0 Å². The van der Waals surface area contributed by atoms with Gasteiger partial charge < -0.3 is 4.74 Å². The maximum Gasteiger partial charge on any atom is 0.137 e. The summed E-state index contributed by atoms with van der Waals surface area (Å²) in [6.45, 7) is 0.610. The van der Waals surface area contributed by atoms with E-state index in [2.05, 4.69) is 11.1 Å². The molecule has 0 aliphatic heterocycles. The van der Waals surface area contributed by atoms with Crippen LogP contribution in [-0.4, -0.2) is 17.3 Å². The third-order valence-electron chi connectivity index (χ3n) is 2.44. The van der Waals surface area contributed by atoms with Crippen molar-refractivity contribution < 1.29 is 4.74 Å². The highest BCUT2D eigenvalue weighted by atomic mass is 32.2. The SMILES string of the molecule is N#Cc1ccccc1OCCCSc1ccccn1. The fraction of sp³-hybridized carbons (Fsp3) is 0.200. The van der Waals surface area contributed by atoms with Gasteiger partial charge in [0, 0.05) is 11.9 Å². The van der Waals surface area contributed by atoms with Gasteiger partial charge in [-0.15, -0.1) is 11.8 Å². The van der Waals surface area contributed by atoms with Crippen LogP contribution in [0.25, 0.3) is 0 Å². The van der Waals surface area contributed by atoms with Crippen molar-refractivity contribution in [1.82, 2.24) is 4.98 Å². The Bertz CT molecular complexity index is 552. The lowest BCUT2D eigenvalue weighted by Crippen LogP contribution is -2.00. The zero-order valence-corrected chi connectivity index (χ0v) is 11.3. The first-order valence-electron chi connectivity index (χ1n) is 6.06. The number of nitriles is 1. The standard InChI is InChI=1S/C15H14N2OS/c16-12-13-6-1-2-7-14(13)18-10-5-11-19-15-8-3-4-9-17-15/h1-4,6-9H,5,10-11H2. The summed E-state index contributed by atoms with van der Waals surface area (Å²) < 4.78 is 5.61. The van der Waals surface area contributed by atoms with E-state index in [9.17, 15) is 0 Å². The largest absolute Gasteiger partial charge is 0.492 e. The molecule has 0 saturated heterocycles. The Morgan fingerprint density at radius 2 is 2.00 bits per heavy atom. The lowest BCUT2D eigenvalue weighted by atomic mass is 10.2. The van der Waals surface area contributed by atoms with E-state index < -0.39 is 0 Å². The fourth-order valence-corrected chi connectivity index (χ4v) is 2.32. The third-order valence-corrected chi connectivity index (χ3v) is 3.47. The van der Waals surface area contributed by atoms with Gasteiger partial charge in [0.25, 0.3) is 0 Å². The fourth-order valence-electron chi connectivity index (χ4n) is 1.54. The van der Waals surface area contributed by atoms with Gasteiger partial charge in [0.05, 0.1) is 17.2 Å². The number of hydrogen-bond acceptors (Lipinski definition) is 4. The molecule has 0 aliphatic rings. The van der Waals surface area contributed by atoms with E-state index in [1.165, 1.54) is 0 Å². The average molecular weight is 270 g/mol. The molecule has 0 saturated carbocycles.